The van der Waals surface area contributed by atoms with Gasteiger partial charge in [0.05, 0.1) is 5.69 Å². The van der Waals surface area contributed by atoms with Crippen molar-refractivity contribution < 1.29 is 4.39 Å². The highest BCUT2D eigenvalue weighted by atomic mass is 35.5. The molecule has 3 rings (SSSR count). The molecule has 2 aromatic heterocycles. The fourth-order valence-corrected chi connectivity index (χ4v) is 2.40. The van der Waals surface area contributed by atoms with Gasteiger partial charge in [0, 0.05) is 16.6 Å². The first-order valence-electron chi connectivity index (χ1n) is 6.53. The van der Waals surface area contributed by atoms with Crippen molar-refractivity contribution in [3.8, 4) is 11.3 Å². The van der Waals surface area contributed by atoms with E-state index in [9.17, 15) is 4.39 Å². The smallest absolute Gasteiger partial charge is 0.225 e. The molecule has 0 amide bonds. The summed E-state index contributed by atoms with van der Waals surface area (Å²) in [6.45, 7) is 5.69. The molecule has 0 atom stereocenters. The Kier molecular flexibility index (Phi) is 3.33. The van der Waals surface area contributed by atoms with Crippen LogP contribution < -0.4 is 0 Å². The lowest BCUT2D eigenvalue weighted by atomic mass is 10.0. The Morgan fingerprint density at radius 2 is 1.76 bits per heavy atom. The average Bonchev–Trinajstić information content (AvgIpc) is 2.40. The van der Waals surface area contributed by atoms with Crippen LogP contribution in [0.1, 0.15) is 16.8 Å². The molecule has 0 saturated heterocycles. The van der Waals surface area contributed by atoms with Crippen LogP contribution in [0.15, 0.2) is 24.3 Å². The van der Waals surface area contributed by atoms with Gasteiger partial charge in [-0.3, -0.25) is 0 Å². The maximum atomic E-state index is 14.3. The van der Waals surface area contributed by atoms with Crippen molar-refractivity contribution in [1.29, 1.82) is 0 Å². The standard InChI is InChI=1S/C16H13ClFN3/c1-8-4-5-11(13(18)6-8)14-12-7-9(2)10(3)19-15(12)21-16(17)20-14/h4-7H,1-3H3. The first-order valence-corrected chi connectivity index (χ1v) is 6.91. The molecule has 0 radical (unpaired) electrons. The van der Waals surface area contributed by atoms with Crippen LogP contribution in [0.4, 0.5) is 4.39 Å². The maximum absolute atomic E-state index is 14.3. The Labute approximate surface area is 126 Å². The van der Waals surface area contributed by atoms with Crippen LogP contribution in [-0.4, -0.2) is 15.0 Å². The highest BCUT2D eigenvalue weighted by Crippen LogP contribution is 2.30. The number of nitrogens with zero attached hydrogens (tertiary/aromatic N) is 3. The van der Waals surface area contributed by atoms with Crippen LogP contribution in [0.25, 0.3) is 22.3 Å². The Balaban J connectivity index is 2.38. The number of hydrogen-bond acceptors (Lipinski definition) is 3. The Bertz CT molecular complexity index is 862. The van der Waals surface area contributed by atoms with Gasteiger partial charge in [0.15, 0.2) is 5.65 Å². The Morgan fingerprint density at radius 3 is 2.48 bits per heavy atom. The van der Waals surface area contributed by atoms with E-state index in [0.29, 0.717) is 22.3 Å². The van der Waals surface area contributed by atoms with Gasteiger partial charge in [0.25, 0.3) is 0 Å². The van der Waals surface area contributed by atoms with Crippen molar-refractivity contribution in [1.82, 2.24) is 15.0 Å². The predicted octanol–water partition coefficient (Wildman–Crippen LogP) is 4.41. The summed E-state index contributed by atoms with van der Waals surface area (Å²) < 4.78 is 14.3. The zero-order valence-electron chi connectivity index (χ0n) is 11.9. The molecular weight excluding hydrogens is 289 g/mol. The minimum absolute atomic E-state index is 0.0632. The van der Waals surface area contributed by atoms with Crippen LogP contribution in [-0.2, 0) is 0 Å². The van der Waals surface area contributed by atoms with E-state index in [0.717, 1.165) is 16.8 Å². The zero-order chi connectivity index (χ0) is 15.1. The summed E-state index contributed by atoms with van der Waals surface area (Å²) in [7, 11) is 0. The third kappa shape index (κ3) is 2.47. The van der Waals surface area contributed by atoms with E-state index in [1.165, 1.54) is 6.07 Å². The summed E-state index contributed by atoms with van der Waals surface area (Å²) >= 11 is 5.96. The quantitative estimate of drug-likeness (QED) is 0.625. The molecule has 0 aliphatic carbocycles. The van der Waals surface area contributed by atoms with Gasteiger partial charge in [-0.25, -0.2) is 14.4 Å². The van der Waals surface area contributed by atoms with Crippen molar-refractivity contribution in [3.63, 3.8) is 0 Å². The number of fused-ring (bicyclic) bond motifs is 1. The molecular formula is C16H13ClFN3. The molecule has 5 heteroatoms. The lowest BCUT2D eigenvalue weighted by Crippen LogP contribution is -1.98. The zero-order valence-corrected chi connectivity index (χ0v) is 12.7. The molecule has 1 aromatic carbocycles. The van der Waals surface area contributed by atoms with Crippen LogP contribution in [0.2, 0.25) is 5.28 Å². The monoisotopic (exact) mass is 301 g/mol. The summed E-state index contributed by atoms with van der Waals surface area (Å²) in [4.78, 5) is 12.8. The van der Waals surface area contributed by atoms with Crippen molar-refractivity contribution in [3.05, 3.63) is 52.2 Å². The lowest BCUT2D eigenvalue weighted by molar-refractivity contribution is 0.629. The maximum Gasteiger partial charge on any atom is 0.225 e. The number of hydrogen-bond donors (Lipinski definition) is 0. The minimum atomic E-state index is -0.329. The van der Waals surface area contributed by atoms with Crippen LogP contribution in [0.3, 0.4) is 0 Å². The molecule has 0 aliphatic heterocycles. The van der Waals surface area contributed by atoms with Crippen molar-refractivity contribution in [2.45, 2.75) is 20.8 Å². The number of aromatic nitrogens is 3. The second-order valence-electron chi connectivity index (χ2n) is 5.09. The molecule has 0 N–H and O–H groups in total. The first-order chi connectivity index (χ1) is 9.95. The summed E-state index contributed by atoms with van der Waals surface area (Å²) in [6, 6.07) is 6.95. The Hall–Kier alpha value is -2.07. The molecule has 3 nitrogen and oxygen atoms in total. The Morgan fingerprint density at radius 1 is 1.00 bits per heavy atom. The number of halogens is 2. The van der Waals surface area contributed by atoms with Gasteiger partial charge in [-0.1, -0.05) is 6.07 Å². The average molecular weight is 302 g/mol. The molecule has 21 heavy (non-hydrogen) atoms. The van der Waals surface area contributed by atoms with E-state index in [-0.39, 0.29) is 11.1 Å². The topological polar surface area (TPSA) is 38.7 Å². The number of pyridine rings is 1. The van der Waals surface area contributed by atoms with Crippen molar-refractivity contribution in [2.24, 2.45) is 0 Å². The highest BCUT2D eigenvalue weighted by molar-refractivity contribution is 6.28. The second-order valence-corrected chi connectivity index (χ2v) is 5.42. The molecule has 0 bridgehead atoms. The van der Waals surface area contributed by atoms with Gasteiger partial charge in [-0.2, -0.15) is 4.98 Å². The van der Waals surface area contributed by atoms with Gasteiger partial charge in [-0.05, 0) is 61.7 Å². The van der Waals surface area contributed by atoms with Crippen molar-refractivity contribution in [2.75, 3.05) is 0 Å². The molecule has 2 heterocycles. The fourth-order valence-electron chi connectivity index (χ4n) is 2.23. The van der Waals surface area contributed by atoms with Gasteiger partial charge in [0.2, 0.25) is 5.28 Å². The van der Waals surface area contributed by atoms with E-state index in [1.807, 2.05) is 32.9 Å². The number of aryl methyl sites for hydroxylation is 3. The highest BCUT2D eigenvalue weighted by Gasteiger charge is 2.14. The lowest BCUT2D eigenvalue weighted by Gasteiger charge is -2.09. The molecule has 106 valence electrons. The largest absolute Gasteiger partial charge is 0.233 e. The molecule has 0 spiro atoms. The molecule has 0 fully saturated rings. The fraction of sp³-hybridized carbons (Fsp3) is 0.188. The summed E-state index contributed by atoms with van der Waals surface area (Å²) in [5, 5.41) is 0.762. The summed E-state index contributed by atoms with van der Waals surface area (Å²) in [6.07, 6.45) is 0. The van der Waals surface area contributed by atoms with Gasteiger partial charge < -0.3 is 0 Å². The van der Waals surface area contributed by atoms with E-state index in [2.05, 4.69) is 15.0 Å². The number of benzene rings is 1. The van der Waals surface area contributed by atoms with E-state index < -0.39 is 0 Å². The summed E-state index contributed by atoms with van der Waals surface area (Å²) in [5.74, 6) is -0.329. The van der Waals surface area contributed by atoms with Crippen LogP contribution in [0.5, 0.6) is 0 Å². The predicted molar refractivity (Wildman–Crippen MR) is 81.9 cm³/mol. The molecule has 0 aliphatic rings. The van der Waals surface area contributed by atoms with Gasteiger partial charge in [-0.15, -0.1) is 0 Å². The van der Waals surface area contributed by atoms with Gasteiger partial charge >= 0.3 is 0 Å². The normalized spacial score (nSPS) is 11.1. The molecule has 0 unspecified atom stereocenters. The van der Waals surface area contributed by atoms with Crippen LogP contribution >= 0.6 is 11.6 Å². The molecule has 3 aromatic rings. The second kappa shape index (κ2) is 5.04. The van der Waals surface area contributed by atoms with Gasteiger partial charge in [0.1, 0.15) is 5.82 Å². The van der Waals surface area contributed by atoms with Crippen molar-refractivity contribution >= 4 is 22.6 Å². The third-order valence-corrected chi connectivity index (χ3v) is 3.65. The van der Waals surface area contributed by atoms with Crippen LogP contribution in [0, 0.1) is 26.6 Å². The minimum Gasteiger partial charge on any atom is -0.233 e. The number of rotatable bonds is 1. The van der Waals surface area contributed by atoms with E-state index in [1.54, 1.807) is 6.07 Å². The third-order valence-electron chi connectivity index (χ3n) is 3.48. The van der Waals surface area contributed by atoms with E-state index in [4.69, 9.17) is 11.6 Å². The summed E-state index contributed by atoms with van der Waals surface area (Å²) in [5.41, 5.74) is 4.08. The molecule has 0 saturated carbocycles. The first kappa shape index (κ1) is 13.9. The SMILES string of the molecule is Cc1ccc(-c2nc(Cl)nc3nc(C)c(C)cc23)c(F)c1. The van der Waals surface area contributed by atoms with E-state index >= 15 is 0 Å².